The third kappa shape index (κ3) is 2.61. The van der Waals surface area contributed by atoms with Crippen molar-refractivity contribution in [3.63, 3.8) is 0 Å². The molecule has 0 spiro atoms. The highest BCUT2D eigenvalue weighted by Gasteiger charge is 2.26. The minimum Gasteiger partial charge on any atom is -0.371 e. The van der Waals surface area contributed by atoms with Crippen molar-refractivity contribution < 1.29 is 14.0 Å². The summed E-state index contributed by atoms with van der Waals surface area (Å²) in [5.41, 5.74) is 1.20. The molecule has 0 aromatic heterocycles. The molecule has 4 nitrogen and oxygen atoms in total. The van der Waals surface area contributed by atoms with E-state index in [0.29, 0.717) is 12.1 Å². The first-order chi connectivity index (χ1) is 8.06. The number of hydrogen-bond acceptors (Lipinski definition) is 3. The minimum atomic E-state index is -0.552. The first kappa shape index (κ1) is 11.6. The van der Waals surface area contributed by atoms with Crippen LogP contribution in [0.3, 0.4) is 0 Å². The first-order valence-electron chi connectivity index (χ1n) is 5.42. The van der Waals surface area contributed by atoms with E-state index in [1.807, 2.05) is 6.92 Å². The van der Waals surface area contributed by atoms with E-state index in [9.17, 15) is 14.0 Å². The Labute approximate surface area is 98.2 Å². The second-order valence-electron chi connectivity index (χ2n) is 4.13. The maximum Gasteiger partial charge on any atom is 0.249 e. The Hall–Kier alpha value is -1.91. The third-order valence-corrected chi connectivity index (χ3v) is 2.69. The lowest BCUT2D eigenvalue weighted by atomic mass is 10.1. The molecule has 2 amide bonds. The molecule has 1 aromatic carbocycles. The van der Waals surface area contributed by atoms with Crippen molar-refractivity contribution in [3.05, 3.63) is 29.6 Å². The van der Waals surface area contributed by atoms with Crippen LogP contribution >= 0.6 is 0 Å². The van der Waals surface area contributed by atoms with Crippen LogP contribution in [0.25, 0.3) is 0 Å². The molecule has 0 radical (unpaired) electrons. The normalized spacial score (nSPS) is 20.0. The molecule has 1 atom stereocenters. The molecule has 1 fully saturated rings. The highest BCUT2D eigenvalue weighted by atomic mass is 19.1. The average Bonchev–Trinajstić information content (AvgIpc) is 2.27. The fourth-order valence-corrected chi connectivity index (χ4v) is 1.77. The molecular weight excluding hydrogens is 223 g/mol. The zero-order chi connectivity index (χ0) is 12.4. The largest absolute Gasteiger partial charge is 0.371 e. The van der Waals surface area contributed by atoms with Gasteiger partial charge in [0.15, 0.2) is 0 Å². The number of hydrogen-bond donors (Lipinski definition) is 2. The van der Waals surface area contributed by atoms with Crippen LogP contribution in [-0.4, -0.2) is 17.9 Å². The van der Waals surface area contributed by atoms with E-state index < -0.39 is 17.8 Å². The zero-order valence-electron chi connectivity index (χ0n) is 9.42. The maximum absolute atomic E-state index is 13.5. The van der Waals surface area contributed by atoms with Crippen molar-refractivity contribution >= 4 is 17.5 Å². The van der Waals surface area contributed by atoms with E-state index in [2.05, 4.69) is 10.6 Å². The van der Waals surface area contributed by atoms with E-state index in [4.69, 9.17) is 0 Å². The monoisotopic (exact) mass is 236 g/mol. The second kappa shape index (κ2) is 4.53. The van der Waals surface area contributed by atoms with Gasteiger partial charge in [0.1, 0.15) is 11.9 Å². The molecular formula is C12H13FN2O2. The van der Waals surface area contributed by atoms with E-state index in [0.717, 1.165) is 5.56 Å². The van der Waals surface area contributed by atoms with E-state index in [1.54, 1.807) is 12.1 Å². The zero-order valence-corrected chi connectivity index (χ0v) is 9.42. The topological polar surface area (TPSA) is 58.2 Å². The van der Waals surface area contributed by atoms with Crippen molar-refractivity contribution in [2.45, 2.75) is 25.8 Å². The predicted octanol–water partition coefficient (Wildman–Crippen LogP) is 1.35. The summed E-state index contributed by atoms with van der Waals surface area (Å²) in [5.74, 6) is -1.08. The van der Waals surface area contributed by atoms with Gasteiger partial charge in [0.2, 0.25) is 11.8 Å². The molecule has 1 unspecified atom stereocenters. The number of rotatable bonds is 2. The predicted molar refractivity (Wildman–Crippen MR) is 60.9 cm³/mol. The lowest BCUT2D eigenvalue weighted by molar-refractivity contribution is -0.133. The molecule has 1 heterocycles. The number of amides is 2. The van der Waals surface area contributed by atoms with Crippen molar-refractivity contribution in [2.24, 2.45) is 0 Å². The van der Waals surface area contributed by atoms with Crippen molar-refractivity contribution in [1.29, 1.82) is 0 Å². The number of imide groups is 1. The van der Waals surface area contributed by atoms with Gasteiger partial charge in [-0.3, -0.25) is 14.9 Å². The Morgan fingerprint density at radius 3 is 2.88 bits per heavy atom. The van der Waals surface area contributed by atoms with Gasteiger partial charge < -0.3 is 5.32 Å². The van der Waals surface area contributed by atoms with Crippen LogP contribution in [0.2, 0.25) is 0 Å². The average molecular weight is 236 g/mol. The Morgan fingerprint density at radius 2 is 2.18 bits per heavy atom. The van der Waals surface area contributed by atoms with Crippen molar-refractivity contribution in [1.82, 2.24) is 5.32 Å². The SMILES string of the molecule is Cc1ccc(F)c(NC2CCC(=O)NC2=O)c1. The summed E-state index contributed by atoms with van der Waals surface area (Å²) < 4.78 is 13.5. The van der Waals surface area contributed by atoms with Crippen LogP contribution in [0.15, 0.2) is 18.2 Å². The molecule has 0 aliphatic carbocycles. The fraction of sp³-hybridized carbons (Fsp3) is 0.333. The van der Waals surface area contributed by atoms with Gasteiger partial charge >= 0.3 is 0 Å². The third-order valence-electron chi connectivity index (χ3n) is 2.69. The highest BCUT2D eigenvalue weighted by Crippen LogP contribution is 2.19. The molecule has 0 bridgehead atoms. The molecule has 17 heavy (non-hydrogen) atoms. The number of aryl methyl sites for hydroxylation is 1. The smallest absolute Gasteiger partial charge is 0.249 e. The van der Waals surface area contributed by atoms with Gasteiger partial charge in [-0.05, 0) is 31.0 Å². The molecule has 1 aromatic rings. The Kier molecular flexibility index (Phi) is 3.08. The lowest BCUT2D eigenvalue weighted by Crippen LogP contribution is -2.47. The van der Waals surface area contributed by atoms with Gasteiger partial charge in [-0.15, -0.1) is 0 Å². The number of carbonyl (C=O) groups is 2. The number of anilines is 1. The van der Waals surface area contributed by atoms with Crippen LogP contribution in [0.5, 0.6) is 0 Å². The summed E-state index contributed by atoms with van der Waals surface area (Å²) >= 11 is 0. The van der Waals surface area contributed by atoms with Crippen molar-refractivity contribution in [2.75, 3.05) is 5.32 Å². The second-order valence-corrected chi connectivity index (χ2v) is 4.13. The van der Waals surface area contributed by atoms with Crippen LogP contribution in [-0.2, 0) is 9.59 Å². The van der Waals surface area contributed by atoms with Gasteiger partial charge in [-0.1, -0.05) is 6.07 Å². The summed E-state index contributed by atoms with van der Waals surface area (Å²) in [5, 5.41) is 5.04. The number of carbonyl (C=O) groups excluding carboxylic acids is 2. The highest BCUT2D eigenvalue weighted by molar-refractivity contribution is 6.01. The molecule has 1 saturated heterocycles. The van der Waals surface area contributed by atoms with E-state index in [1.165, 1.54) is 6.07 Å². The first-order valence-corrected chi connectivity index (χ1v) is 5.42. The van der Waals surface area contributed by atoms with Crippen LogP contribution in [0.1, 0.15) is 18.4 Å². The Morgan fingerprint density at radius 1 is 1.41 bits per heavy atom. The quantitative estimate of drug-likeness (QED) is 0.762. The van der Waals surface area contributed by atoms with Gasteiger partial charge in [-0.2, -0.15) is 0 Å². The van der Waals surface area contributed by atoms with Gasteiger partial charge in [0.25, 0.3) is 0 Å². The molecule has 90 valence electrons. The number of benzene rings is 1. The summed E-state index contributed by atoms with van der Waals surface area (Å²) in [7, 11) is 0. The number of halogens is 1. The number of piperidine rings is 1. The van der Waals surface area contributed by atoms with E-state index >= 15 is 0 Å². The summed E-state index contributed by atoms with van der Waals surface area (Å²) in [4.78, 5) is 22.4. The van der Waals surface area contributed by atoms with Crippen LogP contribution in [0.4, 0.5) is 10.1 Å². The van der Waals surface area contributed by atoms with Crippen LogP contribution in [0, 0.1) is 12.7 Å². The molecule has 2 rings (SSSR count). The maximum atomic E-state index is 13.5. The van der Waals surface area contributed by atoms with E-state index in [-0.39, 0.29) is 12.3 Å². The van der Waals surface area contributed by atoms with Crippen LogP contribution < -0.4 is 10.6 Å². The van der Waals surface area contributed by atoms with Gasteiger partial charge in [0, 0.05) is 6.42 Å². The molecule has 0 saturated carbocycles. The standard InChI is InChI=1S/C12H13FN2O2/c1-7-2-3-8(13)10(6-7)14-9-4-5-11(16)15-12(9)17/h2-3,6,9,14H,4-5H2,1H3,(H,15,16,17). The fourth-order valence-electron chi connectivity index (χ4n) is 1.77. The molecule has 1 aliphatic rings. The lowest BCUT2D eigenvalue weighted by Gasteiger charge is -2.23. The molecule has 1 aliphatic heterocycles. The minimum absolute atomic E-state index is 0.275. The Balaban J connectivity index is 2.13. The summed E-state index contributed by atoms with van der Waals surface area (Å²) in [6.07, 6.45) is 0.662. The summed E-state index contributed by atoms with van der Waals surface area (Å²) in [6, 6.07) is 4.09. The van der Waals surface area contributed by atoms with Crippen molar-refractivity contribution in [3.8, 4) is 0 Å². The summed E-state index contributed by atoms with van der Waals surface area (Å²) in [6.45, 7) is 1.84. The Bertz CT molecular complexity index is 474. The number of nitrogens with one attached hydrogen (secondary N) is 2. The van der Waals surface area contributed by atoms with Gasteiger partial charge in [0.05, 0.1) is 5.69 Å². The molecule has 5 heteroatoms. The van der Waals surface area contributed by atoms with Gasteiger partial charge in [-0.25, -0.2) is 4.39 Å². The molecule has 2 N–H and O–H groups in total.